The van der Waals surface area contributed by atoms with Gasteiger partial charge in [0.15, 0.2) is 0 Å². The van der Waals surface area contributed by atoms with E-state index in [-0.39, 0.29) is 0 Å². The minimum atomic E-state index is 0.535. The maximum atomic E-state index is 5.83. The summed E-state index contributed by atoms with van der Waals surface area (Å²) in [5, 5.41) is 0. The molecule has 106 valence electrons. The molecule has 1 saturated heterocycles. The van der Waals surface area contributed by atoms with Gasteiger partial charge in [-0.15, -0.1) is 0 Å². The largest absolute Gasteiger partial charge is 0.354 e. The minimum absolute atomic E-state index is 0.535. The summed E-state index contributed by atoms with van der Waals surface area (Å²) in [7, 11) is 0. The Morgan fingerprint density at radius 1 is 1.37 bits per heavy atom. The van der Waals surface area contributed by atoms with Crippen LogP contribution in [0.5, 0.6) is 0 Å². The summed E-state index contributed by atoms with van der Waals surface area (Å²) < 4.78 is 0.995. The Morgan fingerprint density at radius 3 is 2.63 bits per heavy atom. The van der Waals surface area contributed by atoms with Gasteiger partial charge in [-0.2, -0.15) is 0 Å². The molecule has 1 fully saturated rings. The first-order valence-corrected chi connectivity index (χ1v) is 7.78. The number of aromatic nitrogens is 1. The lowest BCUT2D eigenvalue weighted by Gasteiger charge is -2.39. The zero-order valence-electron chi connectivity index (χ0n) is 11.8. The molecular formula is C14H23BrN4. The Morgan fingerprint density at radius 2 is 2.05 bits per heavy atom. The summed E-state index contributed by atoms with van der Waals surface area (Å²) >= 11 is 3.45. The highest BCUT2D eigenvalue weighted by molar-refractivity contribution is 9.10. The van der Waals surface area contributed by atoms with Gasteiger partial charge in [-0.1, -0.05) is 6.92 Å². The van der Waals surface area contributed by atoms with Crippen molar-refractivity contribution in [3.63, 3.8) is 0 Å². The fourth-order valence-electron chi connectivity index (χ4n) is 2.54. The molecule has 19 heavy (non-hydrogen) atoms. The first-order valence-electron chi connectivity index (χ1n) is 6.99. The quantitative estimate of drug-likeness (QED) is 0.921. The van der Waals surface area contributed by atoms with Crippen LogP contribution in [0, 0.1) is 0 Å². The molecule has 0 bridgehead atoms. The molecule has 4 nitrogen and oxygen atoms in total. The standard InChI is InChI=1S/C14H23BrN4/c1-3-11(2)18-4-6-19(7-5-18)14-12(9-16)8-13(15)10-17-14/h8,10-11H,3-7,9,16H2,1-2H3. The highest BCUT2D eigenvalue weighted by Crippen LogP contribution is 2.23. The van der Waals surface area contributed by atoms with E-state index in [0.29, 0.717) is 12.6 Å². The summed E-state index contributed by atoms with van der Waals surface area (Å²) in [5.41, 5.74) is 6.94. The van der Waals surface area contributed by atoms with Crippen molar-refractivity contribution in [1.29, 1.82) is 0 Å². The third kappa shape index (κ3) is 3.46. The van der Waals surface area contributed by atoms with Crippen molar-refractivity contribution < 1.29 is 0 Å². The summed E-state index contributed by atoms with van der Waals surface area (Å²) in [6.45, 7) is 9.37. The molecule has 0 aliphatic carbocycles. The zero-order valence-corrected chi connectivity index (χ0v) is 13.4. The summed E-state index contributed by atoms with van der Waals surface area (Å²) in [6.07, 6.45) is 3.07. The molecule has 1 atom stereocenters. The van der Waals surface area contributed by atoms with E-state index in [9.17, 15) is 0 Å². The number of halogens is 1. The Bertz CT molecular complexity index is 416. The van der Waals surface area contributed by atoms with E-state index in [1.165, 1.54) is 6.42 Å². The zero-order chi connectivity index (χ0) is 13.8. The highest BCUT2D eigenvalue weighted by atomic mass is 79.9. The maximum absolute atomic E-state index is 5.83. The molecule has 1 aliphatic heterocycles. The summed E-state index contributed by atoms with van der Waals surface area (Å²) in [5.74, 6) is 1.05. The molecule has 0 amide bonds. The second kappa shape index (κ2) is 6.68. The Balaban J connectivity index is 2.05. The maximum Gasteiger partial charge on any atom is 0.133 e. The van der Waals surface area contributed by atoms with Crippen LogP contribution < -0.4 is 10.6 Å². The molecule has 1 aromatic rings. The fraction of sp³-hybridized carbons (Fsp3) is 0.643. The number of nitrogens with two attached hydrogens (primary N) is 1. The number of hydrogen-bond donors (Lipinski definition) is 1. The number of anilines is 1. The van der Waals surface area contributed by atoms with Crippen LogP contribution in [0.15, 0.2) is 16.7 Å². The molecule has 1 aromatic heterocycles. The lowest BCUT2D eigenvalue weighted by molar-refractivity contribution is 0.192. The van der Waals surface area contributed by atoms with Gasteiger partial charge in [0.2, 0.25) is 0 Å². The van der Waals surface area contributed by atoms with Crippen LogP contribution in [0.25, 0.3) is 0 Å². The van der Waals surface area contributed by atoms with Gasteiger partial charge in [-0.25, -0.2) is 4.98 Å². The summed E-state index contributed by atoms with van der Waals surface area (Å²) in [6, 6.07) is 2.75. The van der Waals surface area contributed by atoms with Crippen molar-refractivity contribution in [1.82, 2.24) is 9.88 Å². The number of nitrogens with zero attached hydrogens (tertiary/aromatic N) is 3. The molecule has 1 unspecified atom stereocenters. The Hall–Kier alpha value is -0.650. The van der Waals surface area contributed by atoms with Crippen molar-refractivity contribution in [2.45, 2.75) is 32.9 Å². The third-order valence-corrected chi connectivity index (χ3v) is 4.39. The molecule has 2 heterocycles. The van der Waals surface area contributed by atoms with E-state index in [4.69, 9.17) is 5.73 Å². The number of pyridine rings is 1. The van der Waals surface area contributed by atoms with E-state index in [2.05, 4.69) is 50.6 Å². The van der Waals surface area contributed by atoms with Gasteiger partial charge < -0.3 is 10.6 Å². The lowest BCUT2D eigenvalue weighted by atomic mass is 10.1. The normalized spacial score (nSPS) is 18.6. The van der Waals surface area contributed by atoms with Crippen LogP contribution in [0.1, 0.15) is 25.8 Å². The van der Waals surface area contributed by atoms with Gasteiger partial charge in [0.25, 0.3) is 0 Å². The number of hydrogen-bond acceptors (Lipinski definition) is 4. The van der Waals surface area contributed by atoms with Crippen LogP contribution in [-0.2, 0) is 6.54 Å². The molecule has 2 N–H and O–H groups in total. The van der Waals surface area contributed by atoms with Gasteiger partial charge in [0.05, 0.1) is 0 Å². The Kier molecular flexibility index (Phi) is 5.19. The van der Waals surface area contributed by atoms with E-state index < -0.39 is 0 Å². The number of piperazine rings is 1. The van der Waals surface area contributed by atoms with Crippen LogP contribution in [-0.4, -0.2) is 42.1 Å². The molecule has 2 rings (SSSR count). The Labute approximate surface area is 124 Å². The monoisotopic (exact) mass is 326 g/mol. The van der Waals surface area contributed by atoms with Crippen LogP contribution in [0.3, 0.4) is 0 Å². The van der Waals surface area contributed by atoms with Crippen molar-refractivity contribution in [2.75, 3.05) is 31.1 Å². The predicted molar refractivity (Wildman–Crippen MR) is 83.4 cm³/mol. The second-order valence-electron chi connectivity index (χ2n) is 5.12. The topological polar surface area (TPSA) is 45.4 Å². The van der Waals surface area contributed by atoms with E-state index in [1.54, 1.807) is 0 Å². The fourth-order valence-corrected chi connectivity index (χ4v) is 2.92. The van der Waals surface area contributed by atoms with Crippen LogP contribution in [0.2, 0.25) is 0 Å². The van der Waals surface area contributed by atoms with E-state index in [0.717, 1.165) is 42.0 Å². The minimum Gasteiger partial charge on any atom is -0.354 e. The average molecular weight is 327 g/mol. The highest BCUT2D eigenvalue weighted by Gasteiger charge is 2.22. The van der Waals surface area contributed by atoms with Gasteiger partial charge >= 0.3 is 0 Å². The average Bonchev–Trinajstić information content (AvgIpc) is 2.46. The van der Waals surface area contributed by atoms with Gasteiger partial charge in [0, 0.05) is 55.0 Å². The van der Waals surface area contributed by atoms with Crippen molar-refractivity contribution in [3.05, 3.63) is 22.3 Å². The van der Waals surface area contributed by atoms with Crippen LogP contribution >= 0.6 is 15.9 Å². The molecule has 0 aromatic carbocycles. The predicted octanol–water partition coefficient (Wildman–Crippen LogP) is 2.22. The molecule has 0 spiro atoms. The van der Waals surface area contributed by atoms with E-state index >= 15 is 0 Å². The molecular weight excluding hydrogens is 304 g/mol. The molecule has 0 saturated carbocycles. The SMILES string of the molecule is CCC(C)N1CCN(c2ncc(Br)cc2CN)CC1. The first-order chi connectivity index (χ1) is 9.15. The lowest BCUT2D eigenvalue weighted by Crippen LogP contribution is -2.50. The van der Waals surface area contributed by atoms with E-state index in [1.807, 2.05) is 6.20 Å². The van der Waals surface area contributed by atoms with Crippen molar-refractivity contribution in [3.8, 4) is 0 Å². The third-order valence-electron chi connectivity index (χ3n) is 3.96. The second-order valence-corrected chi connectivity index (χ2v) is 6.04. The number of rotatable bonds is 4. The van der Waals surface area contributed by atoms with Crippen molar-refractivity contribution >= 4 is 21.7 Å². The molecule has 0 radical (unpaired) electrons. The first kappa shape index (κ1) is 14.8. The summed E-state index contributed by atoms with van der Waals surface area (Å²) in [4.78, 5) is 9.45. The van der Waals surface area contributed by atoms with Crippen molar-refractivity contribution in [2.24, 2.45) is 5.73 Å². The van der Waals surface area contributed by atoms with Gasteiger partial charge in [0.1, 0.15) is 5.82 Å². The van der Waals surface area contributed by atoms with Gasteiger partial charge in [-0.3, -0.25) is 4.90 Å². The molecule has 1 aliphatic rings. The smallest absolute Gasteiger partial charge is 0.133 e. The van der Waals surface area contributed by atoms with Gasteiger partial charge in [-0.05, 0) is 35.3 Å². The van der Waals surface area contributed by atoms with Crippen LogP contribution in [0.4, 0.5) is 5.82 Å². The molecule has 5 heteroatoms.